The molecule has 0 bridgehead atoms. The molecule has 0 aromatic heterocycles. The summed E-state index contributed by atoms with van der Waals surface area (Å²) in [6.07, 6.45) is 0. The number of phenolic OH excluding ortho intramolecular Hbond substituents is 1. The van der Waals surface area contributed by atoms with Gasteiger partial charge in [0.05, 0.1) is 5.92 Å². The Morgan fingerprint density at radius 1 is 1.23 bits per heavy atom. The van der Waals surface area contributed by atoms with Crippen molar-refractivity contribution in [3.63, 3.8) is 0 Å². The van der Waals surface area contributed by atoms with Crippen molar-refractivity contribution in [1.82, 2.24) is 0 Å². The molecule has 0 amide bonds. The summed E-state index contributed by atoms with van der Waals surface area (Å²) in [5.41, 5.74) is 1.11. The molecule has 0 radical (unpaired) electrons. The molecule has 114 valence electrons. The first kappa shape index (κ1) is 14.5. The Balaban J connectivity index is 2.06. The van der Waals surface area contributed by atoms with E-state index in [1.807, 2.05) is 0 Å². The molecule has 1 N–H and O–H groups in total. The van der Waals surface area contributed by atoms with Crippen LogP contribution in [0.15, 0.2) is 36.4 Å². The minimum atomic E-state index is -0.609. The minimum Gasteiger partial charge on any atom is -0.507 e. The summed E-state index contributed by atoms with van der Waals surface area (Å²) in [6.45, 7) is -0.284. The van der Waals surface area contributed by atoms with Gasteiger partial charge in [0.1, 0.15) is 5.75 Å². The lowest BCUT2D eigenvalue weighted by molar-refractivity contribution is -0.481. The average molecular weight is 322 g/mol. The lowest BCUT2D eigenvalue weighted by Gasteiger charge is -2.16. The van der Waals surface area contributed by atoms with E-state index in [4.69, 9.17) is 21.1 Å². The van der Waals surface area contributed by atoms with E-state index >= 15 is 0 Å². The average Bonchev–Trinajstić information content (AvgIpc) is 2.92. The molecule has 6 nitrogen and oxygen atoms in total. The van der Waals surface area contributed by atoms with Crippen LogP contribution >= 0.6 is 11.6 Å². The van der Waals surface area contributed by atoms with Crippen molar-refractivity contribution in [3.05, 3.63) is 62.7 Å². The fraction of sp³-hybridized carbons (Fsp3) is 0.200. The first-order chi connectivity index (χ1) is 10.5. The smallest absolute Gasteiger partial charge is 0.231 e. The van der Waals surface area contributed by atoms with Gasteiger partial charge in [0.25, 0.3) is 0 Å². The third-order valence-electron chi connectivity index (χ3n) is 3.50. The van der Waals surface area contributed by atoms with Gasteiger partial charge >= 0.3 is 0 Å². The normalized spacial score (nSPS) is 13.9. The number of aromatic hydroxyl groups is 1. The topological polar surface area (TPSA) is 81.8 Å². The van der Waals surface area contributed by atoms with Crippen molar-refractivity contribution in [2.24, 2.45) is 0 Å². The molecule has 0 spiro atoms. The van der Waals surface area contributed by atoms with Crippen LogP contribution in [0.3, 0.4) is 0 Å². The van der Waals surface area contributed by atoms with E-state index in [1.54, 1.807) is 30.3 Å². The SMILES string of the molecule is O=[N+]([O-])CC(c1ccc(Cl)cc1)c1cc2c(cc1O)OCO2. The number of rotatable bonds is 4. The molecule has 0 saturated heterocycles. The third kappa shape index (κ3) is 2.78. The highest BCUT2D eigenvalue weighted by Crippen LogP contribution is 2.42. The van der Waals surface area contributed by atoms with Crippen molar-refractivity contribution in [1.29, 1.82) is 0 Å². The van der Waals surface area contributed by atoms with Crippen LogP contribution in [0.1, 0.15) is 17.0 Å². The zero-order chi connectivity index (χ0) is 15.7. The van der Waals surface area contributed by atoms with Crippen LogP contribution in [0.2, 0.25) is 5.02 Å². The summed E-state index contributed by atoms with van der Waals surface area (Å²) in [5.74, 6) is 0.222. The first-order valence-electron chi connectivity index (χ1n) is 6.54. The molecule has 22 heavy (non-hydrogen) atoms. The molecule has 2 aromatic carbocycles. The standard InChI is InChI=1S/C15H12ClNO5/c16-10-3-1-9(2-4-10)12(7-17(19)20)11-5-14-15(6-13(11)18)22-8-21-14/h1-6,12,18H,7-8H2. The number of phenols is 1. The number of nitro groups is 1. The van der Waals surface area contributed by atoms with Crippen molar-refractivity contribution in [3.8, 4) is 17.2 Å². The van der Waals surface area contributed by atoms with Gasteiger partial charge in [-0.1, -0.05) is 23.7 Å². The summed E-state index contributed by atoms with van der Waals surface area (Å²) in [4.78, 5) is 10.6. The van der Waals surface area contributed by atoms with Gasteiger partial charge in [0.2, 0.25) is 13.3 Å². The number of nitrogens with zero attached hydrogens (tertiary/aromatic N) is 1. The van der Waals surface area contributed by atoms with Crippen molar-refractivity contribution >= 4 is 11.6 Å². The Kier molecular flexibility index (Phi) is 3.77. The van der Waals surface area contributed by atoms with Gasteiger partial charge in [0, 0.05) is 21.6 Å². The van der Waals surface area contributed by atoms with E-state index in [9.17, 15) is 15.2 Å². The molecule has 1 aliphatic heterocycles. The van der Waals surface area contributed by atoms with Crippen molar-refractivity contribution in [2.45, 2.75) is 5.92 Å². The molecular formula is C15H12ClNO5. The first-order valence-corrected chi connectivity index (χ1v) is 6.92. The highest BCUT2D eigenvalue weighted by molar-refractivity contribution is 6.30. The van der Waals surface area contributed by atoms with E-state index in [-0.39, 0.29) is 19.1 Å². The van der Waals surface area contributed by atoms with Gasteiger partial charge in [-0.05, 0) is 23.8 Å². The Bertz CT molecular complexity index is 717. The Hall–Kier alpha value is -2.47. The third-order valence-corrected chi connectivity index (χ3v) is 3.75. The van der Waals surface area contributed by atoms with Crippen LogP contribution in [0.4, 0.5) is 0 Å². The zero-order valence-electron chi connectivity index (χ0n) is 11.4. The molecule has 1 heterocycles. The van der Waals surface area contributed by atoms with Crippen molar-refractivity contribution in [2.75, 3.05) is 13.3 Å². The molecule has 0 aliphatic carbocycles. The quantitative estimate of drug-likeness (QED) is 0.691. The summed E-state index contributed by atoms with van der Waals surface area (Å²) < 4.78 is 10.5. The second kappa shape index (κ2) is 5.73. The van der Waals surface area contributed by atoms with Crippen LogP contribution in [-0.2, 0) is 0 Å². The van der Waals surface area contributed by atoms with Crippen LogP contribution in [-0.4, -0.2) is 23.4 Å². The van der Waals surface area contributed by atoms with Gasteiger partial charge in [-0.15, -0.1) is 0 Å². The fourth-order valence-corrected chi connectivity index (χ4v) is 2.58. The molecule has 2 aromatic rings. The van der Waals surface area contributed by atoms with Gasteiger partial charge in [0.15, 0.2) is 11.5 Å². The number of fused-ring (bicyclic) bond motifs is 1. The van der Waals surface area contributed by atoms with Gasteiger partial charge in [-0.2, -0.15) is 0 Å². The maximum atomic E-state index is 11.0. The highest BCUT2D eigenvalue weighted by Gasteiger charge is 2.26. The van der Waals surface area contributed by atoms with E-state index in [2.05, 4.69) is 0 Å². The Labute approximate surface area is 131 Å². The second-order valence-corrected chi connectivity index (χ2v) is 5.32. The molecule has 7 heteroatoms. The molecule has 1 atom stereocenters. The predicted octanol–water partition coefficient (Wildman–Crippen LogP) is 3.18. The van der Waals surface area contributed by atoms with E-state index < -0.39 is 10.8 Å². The van der Waals surface area contributed by atoms with Crippen LogP contribution in [0.25, 0.3) is 0 Å². The maximum absolute atomic E-state index is 11.0. The lowest BCUT2D eigenvalue weighted by Crippen LogP contribution is -2.14. The van der Waals surface area contributed by atoms with Gasteiger partial charge < -0.3 is 14.6 Å². The molecule has 1 aliphatic rings. The molecular weight excluding hydrogens is 310 g/mol. The van der Waals surface area contributed by atoms with Crippen LogP contribution in [0.5, 0.6) is 17.2 Å². The van der Waals surface area contributed by atoms with Crippen LogP contribution in [0, 0.1) is 10.1 Å². The van der Waals surface area contributed by atoms with E-state index in [0.29, 0.717) is 27.6 Å². The minimum absolute atomic E-state index is 0.0638. The molecule has 0 saturated carbocycles. The van der Waals surface area contributed by atoms with E-state index in [0.717, 1.165) is 0 Å². The summed E-state index contributed by atoms with van der Waals surface area (Å²) in [5, 5.41) is 21.7. The van der Waals surface area contributed by atoms with E-state index in [1.165, 1.54) is 6.07 Å². The number of hydrogen-bond donors (Lipinski definition) is 1. The molecule has 1 unspecified atom stereocenters. The number of halogens is 1. The molecule has 3 rings (SSSR count). The van der Waals surface area contributed by atoms with Gasteiger partial charge in [-0.3, -0.25) is 10.1 Å². The fourth-order valence-electron chi connectivity index (χ4n) is 2.45. The van der Waals surface area contributed by atoms with Crippen molar-refractivity contribution < 1.29 is 19.5 Å². The zero-order valence-corrected chi connectivity index (χ0v) is 12.1. The largest absolute Gasteiger partial charge is 0.507 e. The highest BCUT2D eigenvalue weighted by atomic mass is 35.5. The second-order valence-electron chi connectivity index (χ2n) is 4.88. The van der Waals surface area contributed by atoms with Crippen LogP contribution < -0.4 is 9.47 Å². The number of hydrogen-bond acceptors (Lipinski definition) is 5. The monoisotopic (exact) mass is 321 g/mol. The lowest BCUT2D eigenvalue weighted by atomic mass is 9.90. The Morgan fingerprint density at radius 2 is 1.86 bits per heavy atom. The predicted molar refractivity (Wildman–Crippen MR) is 79.4 cm³/mol. The Morgan fingerprint density at radius 3 is 2.50 bits per heavy atom. The summed E-state index contributed by atoms with van der Waals surface area (Å²) in [7, 11) is 0. The number of benzene rings is 2. The molecule has 0 fully saturated rings. The number of ether oxygens (including phenoxy) is 2. The van der Waals surface area contributed by atoms with Gasteiger partial charge in [-0.25, -0.2) is 0 Å². The summed E-state index contributed by atoms with van der Waals surface area (Å²) in [6, 6.07) is 9.74. The maximum Gasteiger partial charge on any atom is 0.231 e. The summed E-state index contributed by atoms with van der Waals surface area (Å²) >= 11 is 5.86.